The smallest absolute Gasteiger partial charge is 0.147 e. The molecule has 3 nitrogen and oxygen atoms in total. The van der Waals surface area contributed by atoms with Crippen LogP contribution >= 0.6 is 0 Å². The van der Waals surface area contributed by atoms with Crippen LogP contribution < -0.4 is 0 Å². The molecule has 0 saturated carbocycles. The predicted octanol–water partition coefficient (Wildman–Crippen LogP) is 4.40. The molecule has 0 spiro atoms. The first kappa shape index (κ1) is 15.5. The van der Waals surface area contributed by atoms with Crippen molar-refractivity contribution >= 4 is 5.78 Å². The van der Waals surface area contributed by atoms with Gasteiger partial charge in [-0.1, -0.05) is 42.5 Å². The van der Waals surface area contributed by atoms with Gasteiger partial charge in [0.15, 0.2) is 0 Å². The number of hydrogen-bond donors (Lipinski definition) is 0. The molecule has 1 saturated heterocycles. The van der Waals surface area contributed by atoms with Crippen LogP contribution in [0.3, 0.4) is 0 Å². The highest BCUT2D eigenvalue weighted by Crippen LogP contribution is 2.34. The van der Waals surface area contributed by atoms with Gasteiger partial charge in [0.05, 0.1) is 11.6 Å². The number of carbonyl (C=O) groups excluding carboxylic acids is 1. The molecular weight excluding hydrogens is 262 g/mol. The second-order valence-electron chi connectivity index (χ2n) is 5.31. The first-order valence-corrected chi connectivity index (χ1v) is 7.44. The zero-order valence-corrected chi connectivity index (χ0v) is 13.2. The molecule has 1 heterocycles. The number of rotatable bonds is 3. The highest BCUT2D eigenvalue weighted by atomic mass is 16.7. The summed E-state index contributed by atoms with van der Waals surface area (Å²) in [6.45, 7) is 7.85. The van der Waals surface area contributed by atoms with E-state index >= 15 is 0 Å². The number of benzene rings is 1. The minimum atomic E-state index is -0.123. The van der Waals surface area contributed by atoms with E-state index in [0.717, 1.165) is 17.0 Å². The molecule has 0 aliphatic carbocycles. The molecule has 3 heteroatoms. The summed E-state index contributed by atoms with van der Waals surface area (Å²) in [5, 5.41) is 1.84. The number of carbonyl (C=O) groups is 1. The van der Waals surface area contributed by atoms with E-state index in [1.54, 1.807) is 0 Å². The SMILES string of the molecule is C/C=C1\CC(=O)C(C)/C(=C\C)N1OC(C)c1ccccc1. The first-order chi connectivity index (χ1) is 10.1. The summed E-state index contributed by atoms with van der Waals surface area (Å²) < 4.78 is 0. The second kappa shape index (κ2) is 6.72. The van der Waals surface area contributed by atoms with Crippen LogP contribution in [0.2, 0.25) is 0 Å². The molecule has 2 rings (SSSR count). The van der Waals surface area contributed by atoms with Crippen LogP contribution in [0.25, 0.3) is 0 Å². The Morgan fingerprint density at radius 1 is 1.24 bits per heavy atom. The van der Waals surface area contributed by atoms with Crippen LogP contribution in [0.1, 0.15) is 45.8 Å². The maximum atomic E-state index is 12.1. The summed E-state index contributed by atoms with van der Waals surface area (Å²) in [5.41, 5.74) is 2.95. The lowest BCUT2D eigenvalue weighted by Crippen LogP contribution is -2.36. The Kier molecular flexibility index (Phi) is 4.97. The van der Waals surface area contributed by atoms with E-state index < -0.39 is 0 Å². The molecule has 0 bridgehead atoms. The zero-order valence-electron chi connectivity index (χ0n) is 13.2. The van der Waals surface area contributed by atoms with Crippen molar-refractivity contribution in [3.8, 4) is 0 Å². The Balaban J connectivity index is 2.25. The fourth-order valence-electron chi connectivity index (χ4n) is 2.57. The summed E-state index contributed by atoms with van der Waals surface area (Å²) in [6, 6.07) is 10.1. The van der Waals surface area contributed by atoms with Gasteiger partial charge >= 0.3 is 0 Å². The van der Waals surface area contributed by atoms with Gasteiger partial charge in [-0.25, -0.2) is 5.06 Å². The van der Waals surface area contributed by atoms with Crippen LogP contribution in [-0.4, -0.2) is 10.8 Å². The average Bonchev–Trinajstić information content (AvgIpc) is 2.51. The van der Waals surface area contributed by atoms with Crippen LogP contribution in [0.5, 0.6) is 0 Å². The Bertz CT molecular complexity index is 560. The standard InChI is InChI=1S/C18H23NO2/c1-5-16-12-18(20)13(3)17(6-2)19(16)21-14(4)15-10-8-7-9-11-15/h5-11,13-14H,12H2,1-4H3/b16-5+,17-6+. The monoisotopic (exact) mass is 285 g/mol. The summed E-state index contributed by atoms with van der Waals surface area (Å²) in [6.07, 6.45) is 4.27. The molecule has 0 amide bonds. The second-order valence-corrected chi connectivity index (χ2v) is 5.31. The number of ketones is 1. The number of Topliss-reactive ketones (excluding diaryl/α,β-unsaturated/α-hetero) is 1. The van der Waals surface area contributed by atoms with Crippen molar-refractivity contribution in [2.45, 2.75) is 40.2 Å². The van der Waals surface area contributed by atoms with E-state index in [4.69, 9.17) is 4.84 Å². The zero-order chi connectivity index (χ0) is 15.4. The van der Waals surface area contributed by atoms with E-state index in [1.165, 1.54) is 0 Å². The van der Waals surface area contributed by atoms with Crippen LogP contribution in [0.15, 0.2) is 53.9 Å². The van der Waals surface area contributed by atoms with Gasteiger partial charge in [0.1, 0.15) is 11.9 Å². The molecule has 2 unspecified atom stereocenters. The minimum Gasteiger partial charge on any atom is -0.299 e. The van der Waals surface area contributed by atoms with E-state index in [-0.39, 0.29) is 17.8 Å². The van der Waals surface area contributed by atoms with Gasteiger partial charge in [0.25, 0.3) is 0 Å². The van der Waals surface area contributed by atoms with E-state index in [2.05, 4.69) is 0 Å². The highest BCUT2D eigenvalue weighted by Gasteiger charge is 2.32. The number of hydroxylamine groups is 2. The van der Waals surface area contributed by atoms with Gasteiger partial charge in [0.2, 0.25) is 0 Å². The van der Waals surface area contributed by atoms with Crippen LogP contribution in [0.4, 0.5) is 0 Å². The molecule has 0 aromatic heterocycles. The third-order valence-corrected chi connectivity index (χ3v) is 3.94. The number of hydrogen-bond acceptors (Lipinski definition) is 3. The Morgan fingerprint density at radius 2 is 1.90 bits per heavy atom. The average molecular weight is 285 g/mol. The molecule has 1 fully saturated rings. The molecule has 21 heavy (non-hydrogen) atoms. The van der Waals surface area contributed by atoms with Crippen molar-refractivity contribution in [3.05, 3.63) is 59.4 Å². The first-order valence-electron chi connectivity index (χ1n) is 7.44. The minimum absolute atomic E-state index is 0.0727. The van der Waals surface area contributed by atoms with Crippen molar-refractivity contribution in [2.75, 3.05) is 0 Å². The molecule has 112 valence electrons. The lowest BCUT2D eigenvalue weighted by molar-refractivity contribution is -0.165. The van der Waals surface area contributed by atoms with Crippen molar-refractivity contribution in [3.63, 3.8) is 0 Å². The van der Waals surface area contributed by atoms with E-state index in [0.29, 0.717) is 6.42 Å². The van der Waals surface area contributed by atoms with Gasteiger partial charge in [-0.15, -0.1) is 0 Å². The third-order valence-electron chi connectivity index (χ3n) is 3.94. The van der Waals surface area contributed by atoms with Gasteiger partial charge < -0.3 is 0 Å². The summed E-state index contributed by atoms with van der Waals surface area (Å²) in [4.78, 5) is 18.2. The van der Waals surface area contributed by atoms with Gasteiger partial charge in [-0.3, -0.25) is 9.63 Å². The van der Waals surface area contributed by atoms with Crippen molar-refractivity contribution in [1.29, 1.82) is 0 Å². The van der Waals surface area contributed by atoms with Crippen LogP contribution in [-0.2, 0) is 9.63 Å². The maximum Gasteiger partial charge on any atom is 0.147 e. The molecule has 2 atom stereocenters. The largest absolute Gasteiger partial charge is 0.299 e. The maximum absolute atomic E-state index is 12.1. The lowest BCUT2D eigenvalue weighted by Gasteiger charge is -2.37. The molecule has 1 aliphatic rings. The lowest BCUT2D eigenvalue weighted by atomic mass is 9.93. The van der Waals surface area contributed by atoms with Crippen molar-refractivity contribution in [1.82, 2.24) is 5.06 Å². The molecule has 1 aliphatic heterocycles. The molecule has 0 radical (unpaired) electrons. The van der Waals surface area contributed by atoms with Crippen molar-refractivity contribution in [2.24, 2.45) is 5.92 Å². The third kappa shape index (κ3) is 3.24. The Labute approximate surface area is 126 Å². The summed E-state index contributed by atoms with van der Waals surface area (Å²) in [5.74, 6) is 0.116. The number of piperidine rings is 1. The Morgan fingerprint density at radius 3 is 2.48 bits per heavy atom. The Hall–Kier alpha value is -1.87. The normalized spacial score (nSPS) is 24.7. The number of allylic oxidation sites excluding steroid dienone is 4. The molecule has 1 aromatic rings. The molecule has 1 aromatic carbocycles. The quantitative estimate of drug-likeness (QED) is 0.824. The van der Waals surface area contributed by atoms with E-state index in [1.807, 2.05) is 75.2 Å². The topological polar surface area (TPSA) is 29.5 Å². The summed E-state index contributed by atoms with van der Waals surface area (Å²) in [7, 11) is 0. The van der Waals surface area contributed by atoms with E-state index in [9.17, 15) is 4.79 Å². The van der Waals surface area contributed by atoms with Gasteiger partial charge in [-0.05, 0) is 33.3 Å². The molecule has 0 N–H and O–H groups in total. The molecular formula is C18H23NO2. The summed E-state index contributed by atoms with van der Waals surface area (Å²) >= 11 is 0. The predicted molar refractivity (Wildman–Crippen MR) is 84.1 cm³/mol. The number of nitrogens with zero attached hydrogens (tertiary/aromatic N) is 1. The van der Waals surface area contributed by atoms with Crippen molar-refractivity contribution < 1.29 is 9.63 Å². The fraction of sp³-hybridized carbons (Fsp3) is 0.389. The van der Waals surface area contributed by atoms with Gasteiger partial charge in [-0.2, -0.15) is 0 Å². The fourth-order valence-corrected chi connectivity index (χ4v) is 2.57. The highest BCUT2D eigenvalue weighted by molar-refractivity contribution is 5.86. The van der Waals surface area contributed by atoms with Crippen LogP contribution in [0, 0.1) is 5.92 Å². The van der Waals surface area contributed by atoms with Gasteiger partial charge in [0, 0.05) is 12.1 Å².